The predicted molar refractivity (Wildman–Crippen MR) is 96.0 cm³/mol. The van der Waals surface area contributed by atoms with Crippen LogP contribution in [0.2, 0.25) is 0 Å². The lowest BCUT2D eigenvalue weighted by Gasteiger charge is -2.59. The van der Waals surface area contributed by atoms with Gasteiger partial charge < -0.3 is 20.4 Å². The molecule has 0 aliphatic heterocycles. The molecule has 0 heterocycles. The van der Waals surface area contributed by atoms with Gasteiger partial charge >= 0.3 is 0 Å². The maximum atomic E-state index is 12.4. The van der Waals surface area contributed by atoms with E-state index in [0.29, 0.717) is 19.3 Å². The van der Waals surface area contributed by atoms with E-state index < -0.39 is 35.6 Å². The van der Waals surface area contributed by atoms with Gasteiger partial charge in [0.2, 0.25) is 0 Å². The largest absolute Gasteiger partial charge is 0.393 e. The van der Waals surface area contributed by atoms with E-state index in [1.165, 1.54) is 5.57 Å². The van der Waals surface area contributed by atoms with E-state index in [0.717, 1.165) is 12.8 Å². The highest BCUT2D eigenvalue weighted by molar-refractivity contribution is 5.89. The van der Waals surface area contributed by atoms with Gasteiger partial charge in [0.15, 0.2) is 5.78 Å². The number of aliphatic hydroxyl groups excluding tert-OH is 3. The van der Waals surface area contributed by atoms with Crippen molar-refractivity contribution in [3.8, 4) is 0 Å². The van der Waals surface area contributed by atoms with Gasteiger partial charge in [-0.2, -0.15) is 0 Å². The fourth-order valence-corrected chi connectivity index (χ4v) is 6.96. The first-order valence-corrected chi connectivity index (χ1v) is 9.79. The summed E-state index contributed by atoms with van der Waals surface area (Å²) in [5, 5.41) is 41.7. The summed E-state index contributed by atoms with van der Waals surface area (Å²) >= 11 is 0. The summed E-state index contributed by atoms with van der Waals surface area (Å²) in [6.45, 7) is 3.40. The van der Waals surface area contributed by atoms with E-state index in [1.807, 2.05) is 13.0 Å². The number of Topliss-reactive ketones (excluding diaryl/α,β-unsaturated/α-hetero) is 1. The highest BCUT2D eigenvalue weighted by Gasteiger charge is 2.67. The summed E-state index contributed by atoms with van der Waals surface area (Å²) in [6, 6.07) is 0. The SMILES string of the molecule is C[C@]12C=CC(O)CC1=CC[C@@H]1[C@@H]2C(O)C[C@@]2(C)[C@H]1CC[C@]2(O)C(=O)CO. The Balaban J connectivity index is 1.75. The van der Waals surface area contributed by atoms with Crippen LogP contribution in [-0.4, -0.2) is 50.6 Å². The number of rotatable bonds is 2. The predicted octanol–water partition coefficient (Wildman–Crippen LogP) is 1.35. The standard InChI is InChI=1S/C21H30O5/c1-19-7-5-13(23)9-12(19)3-4-14-15-6-8-21(26,17(25)11-22)20(15,2)10-16(24)18(14)19/h3,5,7,13-16,18,22-24,26H,4,6,8-11H2,1-2H3/t13?,14-,15-,16?,18+,19-,20-,21-/m0/s1. The van der Waals surface area contributed by atoms with Crippen LogP contribution < -0.4 is 0 Å². The Kier molecular flexibility index (Phi) is 4.05. The van der Waals surface area contributed by atoms with E-state index in [1.54, 1.807) is 0 Å². The zero-order chi connectivity index (χ0) is 18.9. The van der Waals surface area contributed by atoms with Gasteiger partial charge in [0, 0.05) is 16.7 Å². The molecule has 4 aliphatic rings. The molecule has 5 heteroatoms. The average molecular weight is 362 g/mol. The highest BCUT2D eigenvalue weighted by atomic mass is 16.3. The maximum Gasteiger partial charge on any atom is 0.190 e. The molecule has 26 heavy (non-hydrogen) atoms. The molecule has 5 nitrogen and oxygen atoms in total. The van der Waals surface area contributed by atoms with Crippen molar-refractivity contribution in [2.75, 3.05) is 6.61 Å². The van der Waals surface area contributed by atoms with Crippen molar-refractivity contribution in [3.63, 3.8) is 0 Å². The lowest BCUT2D eigenvalue weighted by Crippen LogP contribution is -2.61. The second kappa shape index (κ2) is 5.74. The van der Waals surface area contributed by atoms with E-state index in [-0.39, 0.29) is 23.2 Å². The van der Waals surface area contributed by atoms with Gasteiger partial charge in [-0.3, -0.25) is 4.79 Å². The fraction of sp³-hybridized carbons (Fsp3) is 0.762. The van der Waals surface area contributed by atoms with Crippen LogP contribution in [0, 0.1) is 28.6 Å². The molecule has 0 bridgehead atoms. The molecule has 0 aromatic heterocycles. The highest BCUT2D eigenvalue weighted by Crippen LogP contribution is 2.66. The molecule has 0 aromatic rings. The quantitative estimate of drug-likeness (QED) is 0.556. The fourth-order valence-electron chi connectivity index (χ4n) is 6.96. The number of fused-ring (bicyclic) bond motifs is 5. The summed E-state index contributed by atoms with van der Waals surface area (Å²) in [7, 11) is 0. The zero-order valence-electron chi connectivity index (χ0n) is 15.6. The summed E-state index contributed by atoms with van der Waals surface area (Å²) in [6.07, 6.45) is 7.86. The van der Waals surface area contributed by atoms with Crippen molar-refractivity contribution < 1.29 is 25.2 Å². The third-order valence-electron chi connectivity index (χ3n) is 8.33. The first-order valence-electron chi connectivity index (χ1n) is 9.79. The van der Waals surface area contributed by atoms with Gasteiger partial charge in [0.05, 0.1) is 12.2 Å². The van der Waals surface area contributed by atoms with Gasteiger partial charge in [0.1, 0.15) is 12.2 Å². The van der Waals surface area contributed by atoms with E-state index in [4.69, 9.17) is 0 Å². The minimum Gasteiger partial charge on any atom is -0.393 e. The molecule has 2 unspecified atom stereocenters. The van der Waals surface area contributed by atoms with Crippen LogP contribution in [-0.2, 0) is 4.79 Å². The Morgan fingerprint density at radius 3 is 2.73 bits per heavy atom. The first kappa shape index (κ1) is 18.4. The molecule has 0 aromatic carbocycles. The van der Waals surface area contributed by atoms with Crippen LogP contribution in [0.1, 0.15) is 46.0 Å². The number of aliphatic hydroxyl groups is 4. The van der Waals surface area contributed by atoms with Gasteiger partial charge in [-0.05, 0) is 43.9 Å². The number of hydrogen-bond donors (Lipinski definition) is 4. The van der Waals surface area contributed by atoms with E-state index in [2.05, 4.69) is 19.1 Å². The smallest absolute Gasteiger partial charge is 0.190 e. The van der Waals surface area contributed by atoms with Crippen molar-refractivity contribution in [1.29, 1.82) is 0 Å². The average Bonchev–Trinajstić information content (AvgIpc) is 2.86. The molecule has 2 fully saturated rings. The number of carbonyl (C=O) groups is 1. The molecule has 4 N–H and O–H groups in total. The number of carbonyl (C=O) groups excluding carboxylic acids is 1. The molecule has 144 valence electrons. The van der Waals surface area contributed by atoms with Gasteiger partial charge in [-0.25, -0.2) is 0 Å². The Hall–Kier alpha value is -1.01. The van der Waals surface area contributed by atoms with Crippen LogP contribution in [0.3, 0.4) is 0 Å². The molecule has 0 saturated heterocycles. The van der Waals surface area contributed by atoms with Crippen molar-refractivity contribution in [2.45, 2.75) is 63.8 Å². The number of allylic oxidation sites excluding steroid dienone is 2. The van der Waals surface area contributed by atoms with E-state index in [9.17, 15) is 25.2 Å². The minimum absolute atomic E-state index is 0.0240. The van der Waals surface area contributed by atoms with Crippen LogP contribution in [0.15, 0.2) is 23.8 Å². The van der Waals surface area contributed by atoms with Crippen LogP contribution in [0.5, 0.6) is 0 Å². The molecule has 4 rings (SSSR count). The number of hydrogen-bond acceptors (Lipinski definition) is 5. The summed E-state index contributed by atoms with van der Waals surface area (Å²) in [5.74, 6) is -0.188. The third kappa shape index (κ3) is 2.15. The third-order valence-corrected chi connectivity index (χ3v) is 8.33. The minimum atomic E-state index is -1.55. The van der Waals surface area contributed by atoms with E-state index >= 15 is 0 Å². The zero-order valence-corrected chi connectivity index (χ0v) is 15.6. The van der Waals surface area contributed by atoms with Crippen molar-refractivity contribution in [2.24, 2.45) is 28.6 Å². The van der Waals surface area contributed by atoms with Crippen molar-refractivity contribution >= 4 is 5.78 Å². The lowest BCUT2D eigenvalue weighted by atomic mass is 9.47. The summed E-state index contributed by atoms with van der Waals surface area (Å²) < 4.78 is 0. The van der Waals surface area contributed by atoms with Crippen molar-refractivity contribution in [1.82, 2.24) is 0 Å². The summed E-state index contributed by atoms with van der Waals surface area (Å²) in [4.78, 5) is 12.4. The Bertz CT molecular complexity index is 684. The molecular formula is C21H30O5. The van der Waals surface area contributed by atoms with Gasteiger partial charge in [0.25, 0.3) is 0 Å². The van der Waals surface area contributed by atoms with Crippen LogP contribution in [0.25, 0.3) is 0 Å². The molecule has 0 amide bonds. The molecule has 4 aliphatic carbocycles. The second-order valence-corrected chi connectivity index (χ2v) is 9.34. The van der Waals surface area contributed by atoms with Gasteiger partial charge in [-0.1, -0.05) is 37.6 Å². The topological polar surface area (TPSA) is 98.0 Å². The Labute approximate surface area is 154 Å². The van der Waals surface area contributed by atoms with Gasteiger partial charge in [-0.15, -0.1) is 0 Å². The Morgan fingerprint density at radius 2 is 2.04 bits per heavy atom. The van der Waals surface area contributed by atoms with Crippen LogP contribution >= 0.6 is 0 Å². The first-order chi connectivity index (χ1) is 12.2. The second-order valence-electron chi connectivity index (χ2n) is 9.34. The van der Waals surface area contributed by atoms with Crippen molar-refractivity contribution in [3.05, 3.63) is 23.8 Å². The Morgan fingerprint density at radius 1 is 1.31 bits per heavy atom. The molecule has 0 radical (unpaired) electrons. The molecule has 8 atom stereocenters. The van der Waals surface area contributed by atoms with Crippen LogP contribution in [0.4, 0.5) is 0 Å². The number of ketones is 1. The monoisotopic (exact) mass is 362 g/mol. The summed E-state index contributed by atoms with van der Waals surface area (Å²) in [5.41, 5.74) is -1.37. The molecular weight excluding hydrogens is 332 g/mol. The molecule has 0 spiro atoms. The lowest BCUT2D eigenvalue weighted by molar-refractivity contribution is -0.176. The molecule has 2 saturated carbocycles. The maximum absolute atomic E-state index is 12.4. The normalized spacial score (nSPS) is 52.7.